The Labute approximate surface area is 128 Å². The summed E-state index contributed by atoms with van der Waals surface area (Å²) in [7, 11) is 0. The van der Waals surface area contributed by atoms with E-state index in [4.69, 9.17) is 0 Å². The fourth-order valence-corrected chi connectivity index (χ4v) is 2.41. The molecule has 112 valence electrons. The molecular formula is C18H17NO3. The third-order valence-electron chi connectivity index (χ3n) is 3.75. The minimum absolute atomic E-state index is 0.103. The Balaban J connectivity index is 1.98. The second kappa shape index (κ2) is 5.64. The molecule has 0 atom stereocenters. The lowest BCUT2D eigenvalue weighted by Crippen LogP contribution is -2.25. The van der Waals surface area contributed by atoms with Crippen LogP contribution in [0.1, 0.15) is 39.1 Å². The van der Waals surface area contributed by atoms with E-state index in [0.717, 1.165) is 24.0 Å². The van der Waals surface area contributed by atoms with Crippen LogP contribution in [-0.2, 0) is 0 Å². The number of carbonyl (C=O) groups excluding carboxylic acids is 1. The molecule has 2 aromatic rings. The van der Waals surface area contributed by atoms with Crippen LogP contribution in [0.2, 0.25) is 0 Å². The van der Waals surface area contributed by atoms with Crippen LogP contribution >= 0.6 is 0 Å². The average molecular weight is 295 g/mol. The van der Waals surface area contributed by atoms with Gasteiger partial charge < -0.3 is 10.4 Å². The smallest absolute Gasteiger partial charge is 0.336 e. The van der Waals surface area contributed by atoms with Crippen LogP contribution < -0.4 is 5.32 Å². The van der Waals surface area contributed by atoms with Crippen molar-refractivity contribution in [3.63, 3.8) is 0 Å². The number of hydrogen-bond donors (Lipinski definition) is 2. The van der Waals surface area contributed by atoms with E-state index in [0.29, 0.717) is 17.2 Å². The van der Waals surface area contributed by atoms with Gasteiger partial charge in [-0.1, -0.05) is 29.8 Å². The summed E-state index contributed by atoms with van der Waals surface area (Å²) in [5.74, 6) is -1.07. The number of aryl methyl sites for hydroxylation is 1. The zero-order valence-corrected chi connectivity index (χ0v) is 12.3. The number of rotatable bonds is 4. The first kappa shape index (κ1) is 14.3. The molecule has 1 amide bonds. The predicted molar refractivity (Wildman–Crippen MR) is 84.1 cm³/mol. The van der Waals surface area contributed by atoms with E-state index >= 15 is 0 Å². The second-order valence-corrected chi connectivity index (χ2v) is 5.68. The summed E-state index contributed by atoms with van der Waals surface area (Å²) in [5, 5.41) is 12.3. The van der Waals surface area contributed by atoms with Crippen LogP contribution in [0.15, 0.2) is 42.5 Å². The zero-order valence-electron chi connectivity index (χ0n) is 12.3. The van der Waals surface area contributed by atoms with E-state index in [9.17, 15) is 14.7 Å². The van der Waals surface area contributed by atoms with Gasteiger partial charge >= 0.3 is 5.97 Å². The van der Waals surface area contributed by atoms with E-state index in [1.165, 1.54) is 0 Å². The quantitative estimate of drug-likeness (QED) is 0.910. The van der Waals surface area contributed by atoms with Crippen LogP contribution in [0.4, 0.5) is 0 Å². The van der Waals surface area contributed by atoms with Crippen LogP contribution in [0, 0.1) is 6.92 Å². The van der Waals surface area contributed by atoms with Crippen molar-refractivity contribution in [3.8, 4) is 11.1 Å². The number of hydrogen-bond acceptors (Lipinski definition) is 2. The summed E-state index contributed by atoms with van der Waals surface area (Å²) >= 11 is 0. The minimum Gasteiger partial charge on any atom is -0.478 e. The molecule has 3 rings (SSSR count). The molecule has 0 spiro atoms. The first-order valence-electron chi connectivity index (χ1n) is 7.30. The molecular weight excluding hydrogens is 278 g/mol. The van der Waals surface area contributed by atoms with Gasteiger partial charge in [-0.25, -0.2) is 4.79 Å². The Morgan fingerprint density at radius 2 is 1.91 bits per heavy atom. The molecule has 2 aromatic carbocycles. The summed E-state index contributed by atoms with van der Waals surface area (Å²) in [6.45, 7) is 1.86. The van der Waals surface area contributed by atoms with Crippen molar-refractivity contribution in [2.75, 3.05) is 0 Å². The van der Waals surface area contributed by atoms with Gasteiger partial charge in [-0.15, -0.1) is 0 Å². The van der Waals surface area contributed by atoms with Crippen LogP contribution in [0.5, 0.6) is 0 Å². The number of amides is 1. The van der Waals surface area contributed by atoms with Gasteiger partial charge in [0.05, 0.1) is 5.56 Å². The number of carbonyl (C=O) groups is 2. The molecule has 0 unspecified atom stereocenters. The third kappa shape index (κ3) is 3.01. The Morgan fingerprint density at radius 3 is 2.59 bits per heavy atom. The highest BCUT2D eigenvalue weighted by Crippen LogP contribution is 2.26. The Hall–Kier alpha value is -2.62. The Morgan fingerprint density at radius 1 is 1.14 bits per heavy atom. The van der Waals surface area contributed by atoms with Gasteiger partial charge in [-0.05, 0) is 49.1 Å². The van der Waals surface area contributed by atoms with Gasteiger partial charge in [0.15, 0.2) is 0 Å². The molecule has 1 aliphatic carbocycles. The van der Waals surface area contributed by atoms with Gasteiger partial charge in [-0.2, -0.15) is 0 Å². The van der Waals surface area contributed by atoms with Crippen LogP contribution in [0.3, 0.4) is 0 Å². The van der Waals surface area contributed by atoms with Gasteiger partial charge in [-0.3, -0.25) is 4.79 Å². The van der Waals surface area contributed by atoms with E-state index in [2.05, 4.69) is 5.32 Å². The zero-order chi connectivity index (χ0) is 15.7. The molecule has 0 aliphatic heterocycles. The van der Waals surface area contributed by atoms with Crippen molar-refractivity contribution in [3.05, 3.63) is 59.2 Å². The normalized spacial score (nSPS) is 13.7. The number of carboxylic acid groups (broad SMARTS) is 1. The van der Waals surface area contributed by atoms with E-state index in [1.54, 1.807) is 30.3 Å². The lowest BCUT2D eigenvalue weighted by molar-refractivity contribution is 0.0697. The minimum atomic E-state index is -0.966. The standard InChI is InChI=1S/C18H17NO3/c1-11-5-8-15(16(9-11)18(21)22)12-3-2-4-13(10-12)17(20)19-14-6-7-14/h2-5,8-10,14H,6-7H2,1H3,(H,19,20)(H,21,22). The van der Waals surface area contributed by atoms with Gasteiger partial charge in [0.2, 0.25) is 0 Å². The maximum Gasteiger partial charge on any atom is 0.336 e. The molecule has 0 radical (unpaired) electrons. The SMILES string of the molecule is Cc1ccc(-c2cccc(C(=O)NC3CC3)c2)c(C(=O)O)c1. The van der Waals surface area contributed by atoms with E-state index in [1.807, 2.05) is 19.1 Å². The van der Waals surface area contributed by atoms with Crippen molar-refractivity contribution in [1.29, 1.82) is 0 Å². The monoisotopic (exact) mass is 295 g/mol. The maximum absolute atomic E-state index is 12.1. The predicted octanol–water partition coefficient (Wildman–Crippen LogP) is 3.25. The highest BCUT2D eigenvalue weighted by atomic mass is 16.4. The molecule has 1 aliphatic rings. The number of nitrogens with one attached hydrogen (secondary N) is 1. The molecule has 1 fully saturated rings. The second-order valence-electron chi connectivity index (χ2n) is 5.68. The molecule has 0 bridgehead atoms. The molecule has 4 nitrogen and oxygen atoms in total. The van der Waals surface area contributed by atoms with E-state index < -0.39 is 5.97 Å². The van der Waals surface area contributed by atoms with Gasteiger partial charge in [0.25, 0.3) is 5.91 Å². The van der Waals surface area contributed by atoms with Crippen molar-refractivity contribution in [2.45, 2.75) is 25.8 Å². The molecule has 2 N–H and O–H groups in total. The Kier molecular flexibility index (Phi) is 3.67. The maximum atomic E-state index is 12.1. The first-order valence-corrected chi connectivity index (χ1v) is 7.30. The van der Waals surface area contributed by atoms with Crippen molar-refractivity contribution in [2.24, 2.45) is 0 Å². The molecule has 0 heterocycles. The average Bonchev–Trinajstić information content (AvgIpc) is 3.31. The topological polar surface area (TPSA) is 66.4 Å². The molecule has 1 saturated carbocycles. The van der Waals surface area contributed by atoms with Gasteiger partial charge in [0, 0.05) is 11.6 Å². The lowest BCUT2D eigenvalue weighted by atomic mass is 9.96. The summed E-state index contributed by atoms with van der Waals surface area (Å²) in [5.41, 5.74) is 3.06. The number of carboxylic acids is 1. The van der Waals surface area contributed by atoms with Crippen LogP contribution in [-0.4, -0.2) is 23.0 Å². The third-order valence-corrected chi connectivity index (χ3v) is 3.75. The lowest BCUT2D eigenvalue weighted by Gasteiger charge is -2.09. The highest BCUT2D eigenvalue weighted by molar-refractivity contribution is 5.99. The summed E-state index contributed by atoms with van der Waals surface area (Å²) in [4.78, 5) is 23.6. The number of aromatic carboxylic acids is 1. The van der Waals surface area contributed by atoms with Crippen molar-refractivity contribution >= 4 is 11.9 Å². The first-order chi connectivity index (χ1) is 10.5. The molecule has 4 heteroatoms. The highest BCUT2D eigenvalue weighted by Gasteiger charge is 2.24. The molecule has 0 aromatic heterocycles. The molecule has 22 heavy (non-hydrogen) atoms. The van der Waals surface area contributed by atoms with Crippen molar-refractivity contribution in [1.82, 2.24) is 5.32 Å². The van der Waals surface area contributed by atoms with Crippen LogP contribution in [0.25, 0.3) is 11.1 Å². The summed E-state index contributed by atoms with van der Waals surface area (Å²) in [6.07, 6.45) is 2.07. The van der Waals surface area contributed by atoms with E-state index in [-0.39, 0.29) is 11.5 Å². The summed E-state index contributed by atoms with van der Waals surface area (Å²) < 4.78 is 0. The fourth-order valence-electron chi connectivity index (χ4n) is 2.41. The Bertz CT molecular complexity index is 748. The summed E-state index contributed by atoms with van der Waals surface area (Å²) in [6, 6.07) is 12.7. The van der Waals surface area contributed by atoms with Crippen molar-refractivity contribution < 1.29 is 14.7 Å². The fraction of sp³-hybridized carbons (Fsp3) is 0.222. The van der Waals surface area contributed by atoms with Gasteiger partial charge in [0.1, 0.15) is 0 Å². The molecule has 0 saturated heterocycles. The largest absolute Gasteiger partial charge is 0.478 e. The number of benzene rings is 2.